The molecule has 5 atom stereocenters. The molecule has 1 saturated heterocycles. The maximum Gasteiger partial charge on any atom is 0.326 e. The number of carboxylic acids is 1. The Hall–Kier alpha value is -3.89. The maximum atomic E-state index is 13.8. The normalized spacial score (nSPS) is 17.4. The molecule has 6 N–H and O–H groups in total. The lowest BCUT2D eigenvalue weighted by molar-refractivity contribution is -0.150. The van der Waals surface area contributed by atoms with Crippen molar-refractivity contribution in [3.63, 3.8) is 0 Å². The molecule has 10 nitrogen and oxygen atoms in total. The lowest BCUT2D eigenvalue weighted by Crippen LogP contribution is -2.48. The van der Waals surface area contributed by atoms with Gasteiger partial charge in [-0.3, -0.25) is 19.2 Å². The van der Waals surface area contributed by atoms with Gasteiger partial charge in [0, 0.05) is 31.2 Å². The third-order valence-corrected chi connectivity index (χ3v) is 8.40. The van der Waals surface area contributed by atoms with Crippen LogP contribution in [0, 0.1) is 17.8 Å². The summed E-state index contributed by atoms with van der Waals surface area (Å²) >= 11 is 0. The third kappa shape index (κ3) is 10.9. The van der Waals surface area contributed by atoms with Crippen molar-refractivity contribution >= 4 is 29.4 Å². The van der Waals surface area contributed by atoms with E-state index in [9.17, 15) is 29.1 Å². The molecular formula is C35H48N4O6. The van der Waals surface area contributed by atoms with Crippen LogP contribution in [0.5, 0.6) is 0 Å². The Balaban J connectivity index is 1.77. The number of carbonyl (C=O) groups excluding carboxylic acids is 4. The molecular weight excluding hydrogens is 572 g/mol. The van der Waals surface area contributed by atoms with Crippen LogP contribution in [0.4, 0.5) is 0 Å². The molecule has 0 aliphatic carbocycles. The van der Waals surface area contributed by atoms with Crippen LogP contribution in [0.3, 0.4) is 0 Å². The number of aliphatic carboxylic acids is 1. The lowest BCUT2D eigenvalue weighted by atomic mass is 9.88. The summed E-state index contributed by atoms with van der Waals surface area (Å²) in [5, 5.41) is 12.5. The standard InChI is InChI=1S/C35H48N4O6/c1-23(2)18-29(32(41)21-26(15-16-36)34(43)39-17-9-14-30(39)35(44)45)38-33(42)27(19-24-10-5-3-6-11-24)22-31(40)28(37)20-25-12-7-4-8-13-25/h3-8,10-13,23,26-30H,9,14-22,36-37H2,1-2H3,(H,38,42)(H,44,45)/t26-,27-,28+,29+,30-/m0/s1. The van der Waals surface area contributed by atoms with Crippen molar-refractivity contribution in [2.24, 2.45) is 29.2 Å². The molecule has 1 aliphatic heterocycles. The Kier molecular flexibility index (Phi) is 13.9. The van der Waals surface area contributed by atoms with Crippen molar-refractivity contribution in [3.05, 3.63) is 71.8 Å². The van der Waals surface area contributed by atoms with Gasteiger partial charge < -0.3 is 26.8 Å². The number of carboxylic acid groups (broad SMARTS) is 1. The number of nitrogens with two attached hydrogens (primary N) is 2. The first-order valence-corrected chi connectivity index (χ1v) is 15.9. The van der Waals surface area contributed by atoms with Crippen LogP contribution in [-0.2, 0) is 36.8 Å². The topological polar surface area (TPSA) is 173 Å². The zero-order chi connectivity index (χ0) is 32.9. The molecule has 10 heteroatoms. The second-order valence-electron chi connectivity index (χ2n) is 12.5. The number of likely N-dealkylation sites (tertiary alicyclic amines) is 1. The highest BCUT2D eigenvalue weighted by atomic mass is 16.4. The molecule has 0 unspecified atom stereocenters. The second-order valence-corrected chi connectivity index (χ2v) is 12.5. The van der Waals surface area contributed by atoms with Gasteiger partial charge in [0.05, 0.1) is 12.1 Å². The Morgan fingerprint density at radius 1 is 0.889 bits per heavy atom. The van der Waals surface area contributed by atoms with Gasteiger partial charge in [-0.05, 0) is 62.1 Å². The lowest BCUT2D eigenvalue weighted by Gasteiger charge is -2.28. The van der Waals surface area contributed by atoms with E-state index < -0.39 is 47.7 Å². The van der Waals surface area contributed by atoms with Crippen LogP contribution in [0.15, 0.2) is 60.7 Å². The number of hydrogen-bond acceptors (Lipinski definition) is 7. The molecule has 2 aromatic carbocycles. The summed E-state index contributed by atoms with van der Waals surface area (Å²) in [6.45, 7) is 4.34. The summed E-state index contributed by atoms with van der Waals surface area (Å²) in [7, 11) is 0. The van der Waals surface area contributed by atoms with Gasteiger partial charge in [-0.25, -0.2) is 4.79 Å². The SMILES string of the molecule is CC(C)C[C@@H](NC(=O)[C@H](CC(=O)[C@H](N)Cc1ccccc1)Cc1ccccc1)C(=O)C[C@H](CCN)C(=O)N1CCC[C@H]1C(=O)O. The minimum atomic E-state index is -1.06. The van der Waals surface area contributed by atoms with E-state index in [0.29, 0.717) is 38.6 Å². The highest BCUT2D eigenvalue weighted by Crippen LogP contribution is 2.24. The van der Waals surface area contributed by atoms with E-state index in [-0.39, 0.29) is 43.3 Å². The molecule has 1 aliphatic rings. The van der Waals surface area contributed by atoms with E-state index in [1.165, 1.54) is 4.90 Å². The molecule has 2 aromatic rings. The van der Waals surface area contributed by atoms with E-state index in [0.717, 1.165) is 11.1 Å². The Morgan fingerprint density at radius 3 is 2.02 bits per heavy atom. The first-order chi connectivity index (χ1) is 21.5. The minimum Gasteiger partial charge on any atom is -0.480 e. The molecule has 45 heavy (non-hydrogen) atoms. The van der Waals surface area contributed by atoms with E-state index >= 15 is 0 Å². The van der Waals surface area contributed by atoms with E-state index in [4.69, 9.17) is 11.5 Å². The van der Waals surface area contributed by atoms with E-state index in [1.54, 1.807) is 0 Å². The van der Waals surface area contributed by atoms with Gasteiger partial charge in [0.15, 0.2) is 11.6 Å². The first kappa shape index (κ1) is 35.6. The average Bonchev–Trinajstić information content (AvgIpc) is 3.51. The molecule has 244 valence electrons. The van der Waals surface area contributed by atoms with E-state index in [2.05, 4.69) is 5.32 Å². The van der Waals surface area contributed by atoms with Crippen molar-refractivity contribution in [2.75, 3.05) is 13.1 Å². The largest absolute Gasteiger partial charge is 0.480 e. The number of Topliss-reactive ketones (excluding diaryl/α,β-unsaturated/α-hetero) is 2. The molecule has 3 rings (SSSR count). The smallest absolute Gasteiger partial charge is 0.326 e. The number of nitrogens with one attached hydrogen (secondary N) is 1. The van der Waals surface area contributed by atoms with Crippen molar-refractivity contribution in [2.45, 2.75) is 83.3 Å². The second kappa shape index (κ2) is 17.6. The molecule has 0 bridgehead atoms. The van der Waals surface area contributed by atoms with Gasteiger partial charge >= 0.3 is 5.97 Å². The molecule has 1 heterocycles. The predicted octanol–water partition coefficient (Wildman–Crippen LogP) is 2.91. The van der Waals surface area contributed by atoms with Crippen LogP contribution in [0.1, 0.15) is 63.5 Å². The number of nitrogens with zero attached hydrogens (tertiary/aromatic N) is 1. The summed E-state index contributed by atoms with van der Waals surface area (Å²) in [5.74, 6) is -3.94. The number of benzene rings is 2. The van der Waals surface area contributed by atoms with Crippen molar-refractivity contribution < 1.29 is 29.1 Å². The maximum absolute atomic E-state index is 13.8. The fraction of sp³-hybridized carbons (Fsp3) is 0.514. The van der Waals surface area contributed by atoms with Crippen LogP contribution in [0.25, 0.3) is 0 Å². The number of hydrogen-bond donors (Lipinski definition) is 4. The first-order valence-electron chi connectivity index (χ1n) is 15.9. The predicted molar refractivity (Wildman–Crippen MR) is 172 cm³/mol. The molecule has 0 spiro atoms. The third-order valence-electron chi connectivity index (χ3n) is 8.40. The van der Waals surface area contributed by atoms with Crippen LogP contribution >= 0.6 is 0 Å². The number of amides is 2. The summed E-state index contributed by atoms with van der Waals surface area (Å²) in [6, 6.07) is 16.2. The van der Waals surface area contributed by atoms with Crippen molar-refractivity contribution in [3.8, 4) is 0 Å². The molecule has 0 saturated carbocycles. The Labute approximate surface area is 265 Å². The van der Waals surface area contributed by atoms with Gasteiger partial charge in [-0.1, -0.05) is 74.5 Å². The van der Waals surface area contributed by atoms with Gasteiger partial charge in [0.1, 0.15) is 6.04 Å². The number of carbonyl (C=O) groups is 5. The van der Waals surface area contributed by atoms with Gasteiger partial charge in [-0.15, -0.1) is 0 Å². The molecule has 2 amide bonds. The van der Waals surface area contributed by atoms with Crippen LogP contribution < -0.4 is 16.8 Å². The minimum absolute atomic E-state index is 0.0476. The van der Waals surface area contributed by atoms with Gasteiger partial charge in [0.25, 0.3) is 0 Å². The van der Waals surface area contributed by atoms with Crippen LogP contribution in [0.2, 0.25) is 0 Å². The summed E-state index contributed by atoms with van der Waals surface area (Å²) < 4.78 is 0. The molecule has 1 fully saturated rings. The van der Waals surface area contributed by atoms with Gasteiger partial charge in [-0.2, -0.15) is 0 Å². The fourth-order valence-corrected chi connectivity index (χ4v) is 5.98. The van der Waals surface area contributed by atoms with Crippen LogP contribution in [-0.4, -0.2) is 70.6 Å². The zero-order valence-electron chi connectivity index (χ0n) is 26.4. The average molecular weight is 621 g/mol. The monoisotopic (exact) mass is 620 g/mol. The molecule has 0 aromatic heterocycles. The highest BCUT2D eigenvalue weighted by Gasteiger charge is 2.38. The Bertz CT molecular complexity index is 1290. The quantitative estimate of drug-likeness (QED) is 0.197. The zero-order valence-corrected chi connectivity index (χ0v) is 26.4. The fourth-order valence-electron chi connectivity index (χ4n) is 5.98. The molecule has 0 radical (unpaired) electrons. The van der Waals surface area contributed by atoms with E-state index in [1.807, 2.05) is 74.5 Å². The Morgan fingerprint density at radius 2 is 1.47 bits per heavy atom. The number of rotatable bonds is 18. The summed E-state index contributed by atoms with van der Waals surface area (Å²) in [5.41, 5.74) is 13.9. The van der Waals surface area contributed by atoms with Crippen molar-refractivity contribution in [1.82, 2.24) is 10.2 Å². The summed E-state index contributed by atoms with van der Waals surface area (Å²) in [4.78, 5) is 67.3. The van der Waals surface area contributed by atoms with Gasteiger partial charge in [0.2, 0.25) is 11.8 Å². The highest BCUT2D eigenvalue weighted by molar-refractivity contribution is 5.95. The van der Waals surface area contributed by atoms with Crippen molar-refractivity contribution in [1.29, 1.82) is 0 Å². The number of ketones is 2. The summed E-state index contributed by atoms with van der Waals surface area (Å²) in [6.07, 6.45) is 1.90.